The van der Waals surface area contributed by atoms with Crippen LogP contribution >= 0.6 is 11.8 Å². The average molecular weight is 459 g/mol. The molecule has 0 fully saturated rings. The summed E-state index contributed by atoms with van der Waals surface area (Å²) in [5.74, 6) is -0.386. The van der Waals surface area contributed by atoms with E-state index in [9.17, 15) is 14.0 Å². The summed E-state index contributed by atoms with van der Waals surface area (Å²) in [7, 11) is 0. The largest absolute Gasteiger partial charge is 0.325 e. The zero-order valence-electron chi connectivity index (χ0n) is 17.7. The summed E-state index contributed by atoms with van der Waals surface area (Å²) in [6, 6.07) is 20.7. The normalized spacial score (nSPS) is 16.6. The van der Waals surface area contributed by atoms with E-state index >= 15 is 0 Å². The van der Waals surface area contributed by atoms with Crippen molar-refractivity contribution in [1.82, 2.24) is 4.90 Å². The van der Waals surface area contributed by atoms with Crippen molar-refractivity contribution in [3.63, 3.8) is 0 Å². The molecule has 1 unspecified atom stereocenters. The Labute approximate surface area is 194 Å². The third-order valence-corrected chi connectivity index (χ3v) is 6.31. The lowest BCUT2D eigenvalue weighted by Crippen LogP contribution is -2.40. The number of carbonyl (C=O) groups is 2. The highest BCUT2D eigenvalue weighted by Crippen LogP contribution is 2.37. The van der Waals surface area contributed by atoms with Gasteiger partial charge in [-0.2, -0.15) is 0 Å². The van der Waals surface area contributed by atoms with Crippen molar-refractivity contribution in [2.45, 2.75) is 13.0 Å². The number of carbonyl (C=O) groups excluding carboxylic acids is 2. The lowest BCUT2D eigenvalue weighted by atomic mass is 10.1. The smallest absolute Gasteiger partial charge is 0.263 e. The molecule has 0 aliphatic carbocycles. The first kappa shape index (κ1) is 21.1. The van der Waals surface area contributed by atoms with Crippen LogP contribution in [0.4, 0.5) is 15.8 Å². The lowest BCUT2D eigenvalue weighted by Gasteiger charge is -2.25. The Bertz CT molecular complexity index is 1320. The summed E-state index contributed by atoms with van der Waals surface area (Å²) in [5, 5.41) is 3.08. The van der Waals surface area contributed by atoms with Gasteiger partial charge in [-0.15, -0.1) is 0 Å². The van der Waals surface area contributed by atoms with Crippen LogP contribution in [0.15, 0.2) is 82.8 Å². The van der Waals surface area contributed by atoms with Crippen molar-refractivity contribution in [2.24, 2.45) is 9.98 Å². The van der Waals surface area contributed by atoms with E-state index in [1.54, 1.807) is 19.1 Å². The Balaban J connectivity index is 1.39. The van der Waals surface area contributed by atoms with E-state index in [-0.39, 0.29) is 23.4 Å². The SMILES string of the molecule is Cc1ccc(NC(=O)CSC2=Nc3ccccc3C3=NC(c4ccccc4)C(=O)N23)cc1F. The number of aliphatic imine (C=N–C) groups is 2. The van der Waals surface area contributed by atoms with Gasteiger partial charge in [-0.25, -0.2) is 19.3 Å². The number of nitrogens with zero attached hydrogens (tertiary/aromatic N) is 3. The number of benzene rings is 3. The fourth-order valence-corrected chi connectivity index (χ4v) is 4.50. The van der Waals surface area contributed by atoms with Gasteiger partial charge in [0.25, 0.3) is 5.91 Å². The molecule has 2 heterocycles. The standard InChI is InChI=1S/C25H19FN4O2S/c1-15-11-12-17(13-19(15)26)27-21(31)14-33-25-28-20-10-6-5-9-18(20)23-29-22(24(32)30(23)25)16-7-3-2-4-8-16/h2-13,22H,14H2,1H3,(H,27,31). The maximum absolute atomic E-state index is 13.8. The second kappa shape index (κ2) is 8.63. The Morgan fingerprint density at radius 1 is 1.09 bits per heavy atom. The maximum Gasteiger partial charge on any atom is 0.263 e. The number of thioether (sulfide) groups is 1. The molecule has 2 aliphatic heterocycles. The third kappa shape index (κ3) is 4.05. The molecule has 0 spiro atoms. The fourth-order valence-electron chi connectivity index (χ4n) is 3.70. The van der Waals surface area contributed by atoms with Gasteiger partial charge in [0, 0.05) is 11.3 Å². The summed E-state index contributed by atoms with van der Waals surface area (Å²) < 4.78 is 13.8. The van der Waals surface area contributed by atoms with E-state index in [2.05, 4.69) is 10.3 Å². The van der Waals surface area contributed by atoms with Gasteiger partial charge in [0.15, 0.2) is 11.2 Å². The molecule has 0 saturated heterocycles. The fraction of sp³-hybridized carbons (Fsp3) is 0.120. The molecule has 3 aromatic carbocycles. The Morgan fingerprint density at radius 2 is 1.85 bits per heavy atom. The van der Waals surface area contributed by atoms with Crippen molar-refractivity contribution in [3.05, 3.63) is 95.3 Å². The minimum absolute atomic E-state index is 0.00353. The van der Waals surface area contributed by atoms with Gasteiger partial charge in [0.2, 0.25) is 5.91 Å². The minimum atomic E-state index is -0.664. The monoisotopic (exact) mass is 458 g/mol. The molecule has 5 rings (SSSR count). The van der Waals surface area contributed by atoms with Crippen molar-refractivity contribution in [1.29, 1.82) is 0 Å². The summed E-state index contributed by atoms with van der Waals surface area (Å²) in [5.41, 5.74) is 3.14. The predicted molar refractivity (Wildman–Crippen MR) is 128 cm³/mol. The van der Waals surface area contributed by atoms with Crippen LogP contribution < -0.4 is 5.32 Å². The number of hydrogen-bond acceptors (Lipinski definition) is 5. The molecule has 0 radical (unpaired) electrons. The number of amidine groups is 2. The highest BCUT2D eigenvalue weighted by Gasteiger charge is 2.42. The molecule has 2 amide bonds. The Hall–Kier alpha value is -3.78. The highest BCUT2D eigenvalue weighted by atomic mass is 32.2. The minimum Gasteiger partial charge on any atom is -0.325 e. The number of nitrogens with one attached hydrogen (secondary N) is 1. The van der Waals surface area contributed by atoms with Crippen LogP contribution in [0.1, 0.15) is 22.7 Å². The number of halogens is 1. The van der Waals surface area contributed by atoms with Crippen LogP contribution in [0.5, 0.6) is 0 Å². The second-order valence-electron chi connectivity index (χ2n) is 7.65. The molecule has 1 atom stereocenters. The molecule has 0 saturated carbocycles. The molecule has 0 aromatic heterocycles. The third-order valence-electron chi connectivity index (χ3n) is 5.37. The van der Waals surface area contributed by atoms with E-state index < -0.39 is 6.04 Å². The van der Waals surface area contributed by atoms with Crippen LogP contribution in [-0.4, -0.2) is 33.5 Å². The highest BCUT2D eigenvalue weighted by molar-refractivity contribution is 8.14. The van der Waals surface area contributed by atoms with Crippen LogP contribution in [0.3, 0.4) is 0 Å². The molecular formula is C25H19FN4O2S. The van der Waals surface area contributed by atoms with Gasteiger partial charge in [0.05, 0.1) is 11.4 Å². The van der Waals surface area contributed by atoms with Gasteiger partial charge >= 0.3 is 0 Å². The predicted octanol–water partition coefficient (Wildman–Crippen LogP) is 4.84. The number of anilines is 1. The van der Waals surface area contributed by atoms with Crippen molar-refractivity contribution < 1.29 is 14.0 Å². The molecule has 0 bridgehead atoms. The van der Waals surface area contributed by atoms with Crippen molar-refractivity contribution >= 4 is 46.0 Å². The first-order chi connectivity index (χ1) is 16.0. The number of rotatable bonds is 4. The van der Waals surface area contributed by atoms with Crippen LogP contribution in [0.2, 0.25) is 0 Å². The molecule has 3 aromatic rings. The first-order valence-electron chi connectivity index (χ1n) is 10.3. The van der Waals surface area contributed by atoms with Gasteiger partial charge in [-0.1, -0.05) is 60.3 Å². The Kier molecular flexibility index (Phi) is 5.51. The molecular weight excluding hydrogens is 439 g/mol. The number of aryl methyl sites for hydroxylation is 1. The van der Waals surface area contributed by atoms with E-state index in [4.69, 9.17) is 4.99 Å². The number of para-hydroxylation sites is 1. The molecule has 6 nitrogen and oxygen atoms in total. The van der Waals surface area contributed by atoms with Crippen LogP contribution in [-0.2, 0) is 9.59 Å². The molecule has 164 valence electrons. The van der Waals surface area contributed by atoms with E-state index in [0.29, 0.717) is 27.9 Å². The topological polar surface area (TPSA) is 74.1 Å². The van der Waals surface area contributed by atoms with E-state index in [1.165, 1.54) is 11.0 Å². The van der Waals surface area contributed by atoms with Crippen LogP contribution in [0, 0.1) is 12.7 Å². The average Bonchev–Trinajstić information content (AvgIpc) is 3.18. The summed E-state index contributed by atoms with van der Waals surface area (Å²) >= 11 is 1.14. The number of hydrogen-bond donors (Lipinski definition) is 1. The summed E-state index contributed by atoms with van der Waals surface area (Å²) in [4.78, 5) is 36.7. The molecule has 1 N–H and O–H groups in total. The summed E-state index contributed by atoms with van der Waals surface area (Å²) in [6.07, 6.45) is 0. The molecule has 2 aliphatic rings. The van der Waals surface area contributed by atoms with Gasteiger partial charge in [0.1, 0.15) is 11.7 Å². The molecule has 33 heavy (non-hydrogen) atoms. The first-order valence-corrected chi connectivity index (χ1v) is 11.3. The lowest BCUT2D eigenvalue weighted by molar-refractivity contribution is -0.124. The second-order valence-corrected chi connectivity index (χ2v) is 8.59. The van der Waals surface area contributed by atoms with Gasteiger partial charge in [-0.3, -0.25) is 9.59 Å². The van der Waals surface area contributed by atoms with E-state index in [1.807, 2.05) is 54.6 Å². The number of amides is 2. The quantitative estimate of drug-likeness (QED) is 0.608. The summed E-state index contributed by atoms with van der Waals surface area (Å²) in [6.45, 7) is 1.66. The van der Waals surface area contributed by atoms with Crippen molar-refractivity contribution in [3.8, 4) is 0 Å². The van der Waals surface area contributed by atoms with Gasteiger partial charge < -0.3 is 5.32 Å². The Morgan fingerprint density at radius 3 is 2.64 bits per heavy atom. The number of fused-ring (bicyclic) bond motifs is 3. The maximum atomic E-state index is 13.8. The zero-order valence-corrected chi connectivity index (χ0v) is 18.5. The van der Waals surface area contributed by atoms with E-state index in [0.717, 1.165) is 22.9 Å². The molecule has 8 heteroatoms. The van der Waals surface area contributed by atoms with Gasteiger partial charge in [-0.05, 0) is 42.3 Å². The van der Waals surface area contributed by atoms with Crippen molar-refractivity contribution in [2.75, 3.05) is 11.1 Å². The van der Waals surface area contributed by atoms with Crippen LogP contribution in [0.25, 0.3) is 0 Å². The zero-order chi connectivity index (χ0) is 22.9.